The van der Waals surface area contributed by atoms with Gasteiger partial charge < -0.3 is 20.7 Å². The summed E-state index contributed by atoms with van der Waals surface area (Å²) >= 11 is 0. The maximum atomic E-state index is 13.2. The van der Waals surface area contributed by atoms with Crippen LogP contribution in [0.1, 0.15) is 44.4 Å². The van der Waals surface area contributed by atoms with Crippen LogP contribution >= 0.6 is 0 Å². The molecule has 0 aliphatic carbocycles. The van der Waals surface area contributed by atoms with Crippen molar-refractivity contribution in [1.29, 1.82) is 5.26 Å². The number of nitriles is 1. The lowest BCUT2D eigenvalue weighted by Gasteiger charge is -2.34. The number of guanidine groups is 1. The monoisotopic (exact) mass is 441 g/mol. The number of benzene rings is 1. The Hall–Kier alpha value is -3.12. The Kier molecular flexibility index (Phi) is 8.45. The van der Waals surface area contributed by atoms with E-state index >= 15 is 0 Å². The lowest BCUT2D eigenvalue weighted by atomic mass is 10.1. The topological polar surface area (TPSA) is 104 Å². The van der Waals surface area contributed by atoms with Crippen LogP contribution < -0.4 is 11.1 Å². The molecule has 1 aromatic carbocycles. The van der Waals surface area contributed by atoms with Crippen LogP contribution in [0.3, 0.4) is 0 Å². The number of aryl methyl sites for hydroxylation is 1. The summed E-state index contributed by atoms with van der Waals surface area (Å²) in [5.41, 5.74) is 7.75. The van der Waals surface area contributed by atoms with Crippen molar-refractivity contribution < 1.29 is 9.13 Å². The minimum Gasteiger partial charge on any atom is -0.382 e. The van der Waals surface area contributed by atoms with E-state index in [1.54, 1.807) is 12.1 Å². The highest BCUT2D eigenvalue weighted by Crippen LogP contribution is 2.22. The van der Waals surface area contributed by atoms with Gasteiger partial charge in [0.15, 0.2) is 5.96 Å². The average Bonchev–Trinajstić information content (AvgIpc) is 3.12. The number of anilines is 1. The van der Waals surface area contributed by atoms with Crippen LogP contribution in [0.5, 0.6) is 0 Å². The van der Waals surface area contributed by atoms with Gasteiger partial charge in [0.2, 0.25) is 0 Å². The van der Waals surface area contributed by atoms with E-state index in [9.17, 15) is 9.65 Å². The van der Waals surface area contributed by atoms with Crippen molar-refractivity contribution in [2.75, 3.05) is 38.5 Å². The maximum absolute atomic E-state index is 13.2. The number of rotatable bonds is 8. The van der Waals surface area contributed by atoms with Crippen LogP contribution in [0.15, 0.2) is 29.3 Å². The Morgan fingerprint density at radius 1 is 1.31 bits per heavy atom. The van der Waals surface area contributed by atoms with Crippen LogP contribution in [0.4, 0.5) is 10.2 Å². The number of nitrogens with two attached hydrogens (primary N) is 1. The molecular weight excluding hydrogens is 409 g/mol. The van der Waals surface area contributed by atoms with Crippen molar-refractivity contribution in [2.24, 2.45) is 4.99 Å². The highest BCUT2D eigenvalue weighted by atomic mass is 19.1. The van der Waals surface area contributed by atoms with Gasteiger partial charge in [-0.05, 0) is 63.8 Å². The van der Waals surface area contributed by atoms with Crippen LogP contribution in [0, 0.1) is 17.1 Å². The number of nitrogens with zero attached hydrogens (tertiary/aromatic N) is 5. The Bertz CT molecular complexity index is 940. The summed E-state index contributed by atoms with van der Waals surface area (Å²) in [6.45, 7) is 8.12. The molecule has 2 aromatic rings. The molecule has 0 radical (unpaired) electrons. The summed E-state index contributed by atoms with van der Waals surface area (Å²) in [6.07, 6.45) is 3.66. The van der Waals surface area contributed by atoms with Gasteiger partial charge >= 0.3 is 0 Å². The van der Waals surface area contributed by atoms with E-state index in [1.165, 1.54) is 16.8 Å². The van der Waals surface area contributed by atoms with Crippen LogP contribution in [-0.2, 0) is 11.2 Å². The molecule has 2 heterocycles. The highest BCUT2D eigenvalue weighted by Gasteiger charge is 2.21. The van der Waals surface area contributed by atoms with Crippen molar-refractivity contribution >= 4 is 11.8 Å². The molecule has 32 heavy (non-hydrogen) atoms. The van der Waals surface area contributed by atoms with E-state index in [0.717, 1.165) is 51.5 Å². The first-order valence-electron chi connectivity index (χ1n) is 11.3. The highest BCUT2D eigenvalue weighted by molar-refractivity contribution is 5.80. The number of ether oxygens (including phenoxy) is 1. The molecular formula is C23H32FN7O. The zero-order chi connectivity index (χ0) is 22.9. The van der Waals surface area contributed by atoms with Gasteiger partial charge in [0, 0.05) is 32.8 Å². The largest absolute Gasteiger partial charge is 0.382 e. The number of halogens is 1. The van der Waals surface area contributed by atoms with E-state index in [-0.39, 0.29) is 11.6 Å². The van der Waals surface area contributed by atoms with Crippen LogP contribution in [0.25, 0.3) is 5.69 Å². The van der Waals surface area contributed by atoms with Crippen molar-refractivity contribution in [3.8, 4) is 11.8 Å². The van der Waals surface area contributed by atoms with Gasteiger partial charge in [-0.25, -0.2) is 9.07 Å². The zero-order valence-corrected chi connectivity index (χ0v) is 18.9. The summed E-state index contributed by atoms with van der Waals surface area (Å²) in [5, 5.41) is 17.4. The quantitative estimate of drug-likeness (QED) is 0.371. The number of hydrogen-bond donors (Lipinski definition) is 2. The minimum absolute atomic E-state index is 0.267. The molecule has 8 nitrogen and oxygen atoms in total. The third-order valence-electron chi connectivity index (χ3n) is 5.49. The molecule has 1 saturated heterocycles. The van der Waals surface area contributed by atoms with E-state index in [2.05, 4.69) is 28.3 Å². The number of aromatic nitrogens is 2. The van der Waals surface area contributed by atoms with Crippen molar-refractivity contribution in [3.63, 3.8) is 0 Å². The predicted octanol–water partition coefficient (Wildman–Crippen LogP) is 2.86. The summed E-state index contributed by atoms with van der Waals surface area (Å²) < 4.78 is 20.5. The van der Waals surface area contributed by atoms with E-state index in [1.807, 2.05) is 6.92 Å². The molecule has 1 aliphatic heterocycles. The smallest absolute Gasteiger partial charge is 0.193 e. The first-order chi connectivity index (χ1) is 15.6. The third-order valence-corrected chi connectivity index (χ3v) is 5.49. The van der Waals surface area contributed by atoms with Gasteiger partial charge in [0.05, 0.1) is 17.5 Å². The lowest BCUT2D eigenvalue weighted by Crippen LogP contribution is -2.47. The molecule has 3 N–H and O–H groups in total. The van der Waals surface area contributed by atoms with E-state index < -0.39 is 0 Å². The molecule has 0 unspecified atom stereocenters. The zero-order valence-electron chi connectivity index (χ0n) is 18.9. The van der Waals surface area contributed by atoms with Crippen LogP contribution in [0.2, 0.25) is 0 Å². The number of piperidine rings is 1. The molecule has 0 spiro atoms. The Morgan fingerprint density at radius 2 is 2.03 bits per heavy atom. The Labute approximate surface area is 188 Å². The Morgan fingerprint density at radius 3 is 2.66 bits per heavy atom. The second-order valence-electron chi connectivity index (χ2n) is 7.69. The van der Waals surface area contributed by atoms with E-state index in [4.69, 9.17) is 15.5 Å². The average molecular weight is 442 g/mol. The SMILES string of the molecule is CCNC(=NCCCc1nn(-c2ccc(F)cc2)c(N)c1C#N)N1CCC(OCC)CC1. The van der Waals surface area contributed by atoms with Gasteiger partial charge in [-0.15, -0.1) is 0 Å². The minimum atomic E-state index is -0.336. The fourth-order valence-corrected chi connectivity index (χ4v) is 3.88. The molecule has 0 saturated carbocycles. The van der Waals surface area contributed by atoms with Crippen molar-refractivity contribution in [2.45, 2.75) is 45.6 Å². The molecule has 0 bridgehead atoms. The normalized spacial score (nSPS) is 15.1. The number of nitrogen functional groups attached to an aromatic ring is 1. The van der Waals surface area contributed by atoms with Crippen molar-refractivity contribution in [1.82, 2.24) is 20.0 Å². The molecule has 1 fully saturated rings. The molecule has 9 heteroatoms. The fraction of sp³-hybridized carbons (Fsp3) is 0.522. The lowest BCUT2D eigenvalue weighted by molar-refractivity contribution is 0.0264. The van der Waals surface area contributed by atoms with Gasteiger partial charge in [-0.2, -0.15) is 10.4 Å². The Balaban J connectivity index is 1.62. The van der Waals surface area contributed by atoms with Gasteiger partial charge in [-0.3, -0.25) is 4.99 Å². The number of aliphatic imine (C=N–C) groups is 1. The first kappa shape index (κ1) is 23.5. The summed E-state index contributed by atoms with van der Waals surface area (Å²) in [6, 6.07) is 8.02. The van der Waals surface area contributed by atoms with Crippen molar-refractivity contribution in [3.05, 3.63) is 41.3 Å². The molecule has 1 aromatic heterocycles. The molecule has 172 valence electrons. The molecule has 3 rings (SSSR count). The summed E-state index contributed by atoms with van der Waals surface area (Å²) in [7, 11) is 0. The standard InChI is InChI=1S/C23H32FN7O/c1-3-27-23(30-14-11-19(12-15-30)32-4-2)28-13-5-6-21-20(16-25)22(26)31(29-21)18-9-7-17(24)8-10-18/h7-10,19H,3-6,11-15,26H2,1-2H3,(H,27,28). The van der Waals surface area contributed by atoms with Gasteiger partial charge in [0.25, 0.3) is 0 Å². The van der Waals surface area contributed by atoms with Gasteiger partial charge in [0.1, 0.15) is 23.3 Å². The third kappa shape index (κ3) is 5.77. The molecule has 0 atom stereocenters. The molecule has 0 amide bonds. The summed E-state index contributed by atoms with van der Waals surface area (Å²) in [4.78, 5) is 7.05. The van der Waals surface area contributed by atoms with Gasteiger partial charge in [-0.1, -0.05) is 0 Å². The second-order valence-corrected chi connectivity index (χ2v) is 7.69. The maximum Gasteiger partial charge on any atom is 0.193 e. The summed E-state index contributed by atoms with van der Waals surface area (Å²) in [5.74, 6) is 0.846. The molecule has 1 aliphatic rings. The van der Waals surface area contributed by atoms with Crippen LogP contribution in [-0.4, -0.2) is 59.5 Å². The fourth-order valence-electron chi connectivity index (χ4n) is 3.88. The second kappa shape index (κ2) is 11.5. The number of nitrogens with one attached hydrogen (secondary N) is 1. The predicted molar refractivity (Wildman–Crippen MR) is 123 cm³/mol. The number of hydrogen-bond acceptors (Lipinski definition) is 5. The number of likely N-dealkylation sites (tertiary alicyclic amines) is 1. The van der Waals surface area contributed by atoms with E-state index in [0.29, 0.717) is 36.0 Å². The first-order valence-corrected chi connectivity index (χ1v) is 11.3.